The van der Waals surface area contributed by atoms with E-state index in [2.05, 4.69) is 0 Å². The maximum atomic E-state index is 5.82. The summed E-state index contributed by atoms with van der Waals surface area (Å²) in [5.41, 5.74) is 6.42. The predicted octanol–water partition coefficient (Wildman–Crippen LogP) is 1.83. The lowest BCUT2D eigenvalue weighted by Crippen LogP contribution is -2.15. The zero-order chi connectivity index (χ0) is 10.7. The minimum absolute atomic E-state index is 0.571. The van der Waals surface area contributed by atoms with Gasteiger partial charge in [0.25, 0.3) is 0 Å². The maximum Gasteiger partial charge on any atom is 0.165 e. The van der Waals surface area contributed by atoms with Gasteiger partial charge in [-0.2, -0.15) is 0 Å². The summed E-state index contributed by atoms with van der Waals surface area (Å²) < 4.78 is 16.3. The van der Waals surface area contributed by atoms with Crippen LogP contribution in [0.15, 0.2) is 12.1 Å². The molecule has 0 radical (unpaired) electrons. The summed E-state index contributed by atoms with van der Waals surface area (Å²) in [7, 11) is 0. The molecule has 82 valence electrons. The number of fused-ring (bicyclic) bond motifs is 1. The van der Waals surface area contributed by atoms with E-state index in [0.29, 0.717) is 42.8 Å². The van der Waals surface area contributed by atoms with E-state index in [4.69, 9.17) is 19.9 Å². The Morgan fingerprint density at radius 3 is 2.60 bits per heavy atom. The molecule has 0 atom stereocenters. The van der Waals surface area contributed by atoms with Crippen LogP contribution in [0.1, 0.15) is 13.3 Å². The largest absolute Gasteiger partial charge is 0.491 e. The van der Waals surface area contributed by atoms with Crippen molar-refractivity contribution in [3.8, 4) is 17.2 Å². The van der Waals surface area contributed by atoms with Gasteiger partial charge in [-0.1, -0.05) is 6.92 Å². The Kier molecular flexibility index (Phi) is 2.85. The number of nitrogens with two attached hydrogens (primary N) is 1. The Morgan fingerprint density at radius 2 is 1.93 bits per heavy atom. The van der Waals surface area contributed by atoms with Crippen molar-refractivity contribution >= 4 is 5.69 Å². The van der Waals surface area contributed by atoms with Gasteiger partial charge >= 0.3 is 0 Å². The molecule has 1 heterocycles. The first-order valence-electron chi connectivity index (χ1n) is 5.13. The van der Waals surface area contributed by atoms with E-state index in [1.807, 2.05) is 6.92 Å². The Bertz CT molecular complexity index is 352. The second kappa shape index (κ2) is 4.29. The highest BCUT2D eigenvalue weighted by Crippen LogP contribution is 2.38. The number of ether oxygens (including phenoxy) is 3. The quantitative estimate of drug-likeness (QED) is 0.771. The van der Waals surface area contributed by atoms with Crippen LogP contribution in [0.2, 0.25) is 0 Å². The molecule has 0 spiro atoms. The van der Waals surface area contributed by atoms with Crippen molar-refractivity contribution in [1.82, 2.24) is 0 Å². The molecule has 1 aromatic carbocycles. The van der Waals surface area contributed by atoms with E-state index < -0.39 is 0 Å². The van der Waals surface area contributed by atoms with Gasteiger partial charge in [0.15, 0.2) is 11.5 Å². The molecular formula is C11H15NO3. The lowest BCUT2D eigenvalue weighted by molar-refractivity contribution is 0.170. The van der Waals surface area contributed by atoms with Gasteiger partial charge in [-0.05, 0) is 6.42 Å². The number of anilines is 1. The van der Waals surface area contributed by atoms with Gasteiger partial charge in [-0.25, -0.2) is 0 Å². The highest BCUT2D eigenvalue weighted by Gasteiger charge is 2.14. The van der Waals surface area contributed by atoms with E-state index in [0.717, 1.165) is 6.42 Å². The highest BCUT2D eigenvalue weighted by atomic mass is 16.6. The minimum Gasteiger partial charge on any atom is -0.491 e. The molecule has 0 bridgehead atoms. The van der Waals surface area contributed by atoms with Crippen molar-refractivity contribution in [1.29, 1.82) is 0 Å². The third-order valence-electron chi connectivity index (χ3n) is 2.14. The summed E-state index contributed by atoms with van der Waals surface area (Å²) in [4.78, 5) is 0. The summed E-state index contributed by atoms with van der Waals surface area (Å²) in [5.74, 6) is 2.07. The molecule has 4 heteroatoms. The van der Waals surface area contributed by atoms with Crippen molar-refractivity contribution < 1.29 is 14.2 Å². The van der Waals surface area contributed by atoms with Gasteiger partial charge in [0.05, 0.1) is 12.3 Å². The third-order valence-corrected chi connectivity index (χ3v) is 2.14. The maximum absolute atomic E-state index is 5.82. The lowest BCUT2D eigenvalue weighted by atomic mass is 10.2. The van der Waals surface area contributed by atoms with Crippen molar-refractivity contribution in [3.63, 3.8) is 0 Å². The molecule has 2 N–H and O–H groups in total. The molecule has 0 unspecified atom stereocenters. The Hall–Kier alpha value is -1.58. The molecule has 1 aliphatic rings. The second-order valence-corrected chi connectivity index (χ2v) is 3.38. The van der Waals surface area contributed by atoms with Crippen LogP contribution in [-0.4, -0.2) is 19.8 Å². The number of nitrogen functional groups attached to an aromatic ring is 1. The Morgan fingerprint density at radius 1 is 1.27 bits per heavy atom. The van der Waals surface area contributed by atoms with Gasteiger partial charge < -0.3 is 19.9 Å². The fraction of sp³-hybridized carbons (Fsp3) is 0.455. The normalized spacial score (nSPS) is 13.7. The molecular weight excluding hydrogens is 194 g/mol. The van der Waals surface area contributed by atoms with Gasteiger partial charge in [-0.3, -0.25) is 0 Å². The van der Waals surface area contributed by atoms with Crippen LogP contribution in [0.25, 0.3) is 0 Å². The average Bonchev–Trinajstić information content (AvgIpc) is 2.26. The summed E-state index contributed by atoms with van der Waals surface area (Å²) in [6.07, 6.45) is 0.952. The molecule has 4 nitrogen and oxygen atoms in total. The van der Waals surface area contributed by atoms with Crippen molar-refractivity contribution in [2.75, 3.05) is 25.6 Å². The zero-order valence-corrected chi connectivity index (χ0v) is 8.79. The van der Waals surface area contributed by atoms with Crippen molar-refractivity contribution in [2.45, 2.75) is 13.3 Å². The molecule has 0 saturated heterocycles. The second-order valence-electron chi connectivity index (χ2n) is 3.38. The first kappa shape index (κ1) is 9.96. The smallest absolute Gasteiger partial charge is 0.165 e. The van der Waals surface area contributed by atoms with Crippen LogP contribution >= 0.6 is 0 Å². The number of benzene rings is 1. The van der Waals surface area contributed by atoms with Crippen molar-refractivity contribution in [3.05, 3.63) is 12.1 Å². The minimum atomic E-state index is 0.571. The van der Waals surface area contributed by atoms with Crippen LogP contribution in [0.5, 0.6) is 17.2 Å². The molecule has 0 aromatic heterocycles. The predicted molar refractivity (Wildman–Crippen MR) is 57.6 cm³/mol. The molecule has 1 aromatic rings. The fourth-order valence-electron chi connectivity index (χ4n) is 1.42. The van der Waals surface area contributed by atoms with Crippen LogP contribution in [0.3, 0.4) is 0 Å². The molecule has 0 fully saturated rings. The van der Waals surface area contributed by atoms with E-state index in [9.17, 15) is 0 Å². The molecule has 0 saturated carbocycles. The first-order valence-corrected chi connectivity index (χ1v) is 5.13. The highest BCUT2D eigenvalue weighted by molar-refractivity contribution is 5.62. The standard InChI is InChI=1S/C11H15NO3/c1-2-3-13-9-7-11-10(6-8(9)12)14-4-5-15-11/h6-7H,2-5,12H2,1H3. The van der Waals surface area contributed by atoms with Gasteiger partial charge in [0, 0.05) is 12.1 Å². The monoisotopic (exact) mass is 209 g/mol. The molecule has 15 heavy (non-hydrogen) atoms. The third kappa shape index (κ3) is 2.09. The summed E-state index contributed by atoms with van der Waals surface area (Å²) in [5, 5.41) is 0. The van der Waals surface area contributed by atoms with Crippen molar-refractivity contribution in [2.24, 2.45) is 0 Å². The molecule has 1 aliphatic heterocycles. The van der Waals surface area contributed by atoms with Gasteiger partial charge in [0.1, 0.15) is 19.0 Å². The van der Waals surface area contributed by atoms with E-state index in [1.54, 1.807) is 12.1 Å². The fourth-order valence-corrected chi connectivity index (χ4v) is 1.42. The first-order chi connectivity index (χ1) is 7.31. The Balaban J connectivity index is 2.24. The number of hydrogen-bond acceptors (Lipinski definition) is 4. The average molecular weight is 209 g/mol. The summed E-state index contributed by atoms with van der Waals surface area (Å²) in [6.45, 7) is 3.85. The van der Waals surface area contributed by atoms with Crippen LogP contribution < -0.4 is 19.9 Å². The zero-order valence-electron chi connectivity index (χ0n) is 8.79. The van der Waals surface area contributed by atoms with Crippen LogP contribution in [0, 0.1) is 0 Å². The Labute approximate surface area is 88.9 Å². The summed E-state index contributed by atoms with van der Waals surface area (Å²) >= 11 is 0. The van der Waals surface area contributed by atoms with E-state index >= 15 is 0 Å². The van der Waals surface area contributed by atoms with Gasteiger partial charge in [0.2, 0.25) is 0 Å². The lowest BCUT2D eigenvalue weighted by Gasteiger charge is -2.20. The summed E-state index contributed by atoms with van der Waals surface area (Å²) in [6, 6.07) is 3.54. The topological polar surface area (TPSA) is 53.7 Å². The number of rotatable bonds is 3. The van der Waals surface area contributed by atoms with E-state index in [1.165, 1.54) is 0 Å². The van der Waals surface area contributed by atoms with Crippen LogP contribution in [0.4, 0.5) is 5.69 Å². The molecule has 0 amide bonds. The van der Waals surface area contributed by atoms with Gasteiger partial charge in [-0.15, -0.1) is 0 Å². The molecule has 0 aliphatic carbocycles. The SMILES string of the molecule is CCCOc1cc2c(cc1N)OCCO2. The number of hydrogen-bond donors (Lipinski definition) is 1. The molecule has 2 rings (SSSR count). The van der Waals surface area contributed by atoms with Crippen LogP contribution in [-0.2, 0) is 0 Å². The van der Waals surface area contributed by atoms with E-state index in [-0.39, 0.29) is 0 Å².